The van der Waals surface area contributed by atoms with E-state index in [1.54, 1.807) is 43.4 Å². The van der Waals surface area contributed by atoms with Gasteiger partial charge < -0.3 is 30.9 Å². The second kappa shape index (κ2) is 17.2. The number of anilines is 1. The molecule has 3 rings (SSSR count). The molecule has 11 heteroatoms. The van der Waals surface area contributed by atoms with Gasteiger partial charge in [-0.2, -0.15) is 0 Å². The molecule has 10 nitrogen and oxygen atoms in total. The number of amides is 4. The van der Waals surface area contributed by atoms with Gasteiger partial charge in [0.15, 0.2) is 0 Å². The second-order valence-corrected chi connectivity index (χ2v) is 12.8. The molecule has 0 saturated heterocycles. The first-order chi connectivity index (χ1) is 22.2. The monoisotopic (exact) mass is 647 g/mol. The summed E-state index contributed by atoms with van der Waals surface area (Å²) in [6.45, 7) is 7.17. The van der Waals surface area contributed by atoms with E-state index in [9.17, 15) is 23.6 Å². The van der Waals surface area contributed by atoms with E-state index in [1.807, 2.05) is 51.9 Å². The summed E-state index contributed by atoms with van der Waals surface area (Å²) < 4.78 is 20.5. The number of aryl methyl sites for hydroxylation is 1. The number of benzene rings is 3. The number of ether oxygens (including phenoxy) is 1. The highest BCUT2D eigenvalue weighted by molar-refractivity contribution is 6.01. The van der Waals surface area contributed by atoms with Crippen LogP contribution in [0.15, 0.2) is 66.7 Å². The lowest BCUT2D eigenvalue weighted by Gasteiger charge is -2.26. The molecule has 4 N–H and O–H groups in total. The van der Waals surface area contributed by atoms with Crippen LogP contribution in [0.25, 0.3) is 0 Å². The van der Waals surface area contributed by atoms with Crippen LogP contribution in [0.2, 0.25) is 0 Å². The van der Waals surface area contributed by atoms with Crippen molar-refractivity contribution < 1.29 is 28.3 Å². The first-order valence-electron chi connectivity index (χ1n) is 15.6. The maximum atomic E-state index is 14.9. The third kappa shape index (κ3) is 12.5. The van der Waals surface area contributed by atoms with Crippen LogP contribution in [0.1, 0.15) is 65.5 Å². The number of hydrogen-bond acceptors (Lipinski definition) is 6. The maximum Gasteiger partial charge on any atom is 0.254 e. The molecule has 0 radical (unpaired) electrons. The molecule has 0 unspecified atom stereocenters. The van der Waals surface area contributed by atoms with Gasteiger partial charge >= 0.3 is 0 Å². The minimum absolute atomic E-state index is 0.0573. The molecular formula is C36H46FN5O5. The number of carbonyl (C=O) groups is 4. The van der Waals surface area contributed by atoms with Gasteiger partial charge in [0.1, 0.15) is 24.2 Å². The van der Waals surface area contributed by atoms with Crippen molar-refractivity contribution in [2.75, 3.05) is 39.6 Å². The molecule has 47 heavy (non-hydrogen) atoms. The molecule has 0 bridgehead atoms. The Morgan fingerprint density at radius 2 is 1.55 bits per heavy atom. The smallest absolute Gasteiger partial charge is 0.254 e. The minimum Gasteiger partial charge on any atom is -0.492 e. The molecule has 0 fully saturated rings. The second-order valence-electron chi connectivity index (χ2n) is 12.8. The number of carbonyl (C=O) groups excluding carboxylic acids is 4. The van der Waals surface area contributed by atoms with Crippen molar-refractivity contribution in [3.63, 3.8) is 0 Å². The van der Waals surface area contributed by atoms with E-state index >= 15 is 0 Å². The Morgan fingerprint density at radius 1 is 0.894 bits per heavy atom. The fourth-order valence-corrected chi connectivity index (χ4v) is 4.61. The van der Waals surface area contributed by atoms with Crippen LogP contribution in [0, 0.1) is 11.2 Å². The van der Waals surface area contributed by atoms with Crippen molar-refractivity contribution in [2.45, 2.75) is 52.6 Å². The Labute approximate surface area is 276 Å². The maximum absolute atomic E-state index is 14.9. The third-order valence-electron chi connectivity index (χ3n) is 7.23. The van der Waals surface area contributed by atoms with Crippen LogP contribution < -0.4 is 26.0 Å². The number of nitrogens with zero attached hydrogens (tertiary/aromatic N) is 1. The zero-order valence-corrected chi connectivity index (χ0v) is 28.0. The Morgan fingerprint density at radius 3 is 2.17 bits per heavy atom. The molecule has 3 aromatic rings. The van der Waals surface area contributed by atoms with Gasteiger partial charge in [-0.15, -0.1) is 0 Å². The summed E-state index contributed by atoms with van der Waals surface area (Å²) in [6, 6.07) is 17.0. The van der Waals surface area contributed by atoms with E-state index in [0.717, 1.165) is 12.1 Å². The largest absolute Gasteiger partial charge is 0.492 e. The van der Waals surface area contributed by atoms with Gasteiger partial charge in [-0.3, -0.25) is 19.2 Å². The molecule has 0 aromatic heterocycles. The van der Waals surface area contributed by atoms with Gasteiger partial charge in [-0.25, -0.2) is 4.39 Å². The summed E-state index contributed by atoms with van der Waals surface area (Å²) in [5.41, 5.74) is 1.85. The fraction of sp³-hybridized carbons (Fsp3) is 0.389. The Kier molecular flexibility index (Phi) is 13.5. The molecule has 0 aliphatic carbocycles. The van der Waals surface area contributed by atoms with Gasteiger partial charge in [0.2, 0.25) is 11.8 Å². The molecule has 0 aliphatic heterocycles. The van der Waals surface area contributed by atoms with E-state index in [4.69, 9.17) is 4.74 Å². The van der Waals surface area contributed by atoms with E-state index < -0.39 is 23.7 Å². The molecule has 0 saturated carbocycles. The number of halogens is 1. The number of rotatable bonds is 15. The Bertz CT molecular complexity index is 1520. The molecule has 0 aliphatic rings. The SMILES string of the molecule is CNC(=O)CCc1ccc(NC(=O)[C@H](CC(C)(C)C)NC(=O)c2cc(CNC(=O)c3ccc(OCCN(C)C)cc3)ccc2F)cc1. The zero-order chi connectivity index (χ0) is 34.6. The van der Waals surface area contributed by atoms with Gasteiger partial charge in [0.25, 0.3) is 11.8 Å². The normalized spacial score (nSPS) is 11.8. The molecule has 252 valence electrons. The number of nitrogens with one attached hydrogen (secondary N) is 4. The van der Waals surface area contributed by atoms with Crippen LogP contribution in [0.5, 0.6) is 5.75 Å². The van der Waals surface area contributed by atoms with E-state index in [1.165, 1.54) is 18.2 Å². The van der Waals surface area contributed by atoms with Crippen LogP contribution in [-0.2, 0) is 22.6 Å². The van der Waals surface area contributed by atoms with Gasteiger partial charge in [-0.1, -0.05) is 39.0 Å². The lowest BCUT2D eigenvalue weighted by atomic mass is 9.87. The molecule has 3 aromatic carbocycles. The summed E-state index contributed by atoms with van der Waals surface area (Å²) in [6.07, 6.45) is 1.21. The van der Waals surface area contributed by atoms with Crippen molar-refractivity contribution in [3.8, 4) is 5.75 Å². The van der Waals surface area contributed by atoms with E-state index in [0.29, 0.717) is 48.4 Å². The summed E-state index contributed by atoms with van der Waals surface area (Å²) >= 11 is 0. The molecule has 1 atom stereocenters. The first kappa shape index (κ1) is 36.7. The highest BCUT2D eigenvalue weighted by Crippen LogP contribution is 2.23. The molecular weight excluding hydrogens is 601 g/mol. The van der Waals surface area contributed by atoms with Gasteiger partial charge in [-0.05, 0) is 92.0 Å². The predicted molar refractivity (Wildman–Crippen MR) is 181 cm³/mol. The lowest BCUT2D eigenvalue weighted by molar-refractivity contribution is -0.120. The predicted octanol–water partition coefficient (Wildman–Crippen LogP) is 4.55. The highest BCUT2D eigenvalue weighted by atomic mass is 19.1. The van der Waals surface area contributed by atoms with Crippen molar-refractivity contribution >= 4 is 29.3 Å². The molecule has 0 spiro atoms. The first-order valence-corrected chi connectivity index (χ1v) is 15.6. The van der Waals surface area contributed by atoms with Crippen molar-refractivity contribution in [1.82, 2.24) is 20.9 Å². The van der Waals surface area contributed by atoms with Gasteiger partial charge in [0, 0.05) is 37.8 Å². The van der Waals surface area contributed by atoms with Gasteiger partial charge in [0.05, 0.1) is 5.56 Å². The number of hydrogen-bond donors (Lipinski definition) is 4. The van der Waals surface area contributed by atoms with Crippen LogP contribution >= 0.6 is 0 Å². The summed E-state index contributed by atoms with van der Waals surface area (Å²) in [7, 11) is 5.50. The average molecular weight is 648 g/mol. The van der Waals surface area contributed by atoms with E-state index in [-0.39, 0.29) is 29.3 Å². The third-order valence-corrected chi connectivity index (χ3v) is 7.23. The summed E-state index contributed by atoms with van der Waals surface area (Å²) in [5, 5.41) is 10.9. The summed E-state index contributed by atoms with van der Waals surface area (Å²) in [5.74, 6) is -1.66. The van der Waals surface area contributed by atoms with Crippen molar-refractivity contribution in [2.24, 2.45) is 5.41 Å². The Balaban J connectivity index is 1.63. The topological polar surface area (TPSA) is 129 Å². The summed E-state index contributed by atoms with van der Waals surface area (Å²) in [4.78, 5) is 52.9. The van der Waals surface area contributed by atoms with Crippen LogP contribution in [0.4, 0.5) is 10.1 Å². The van der Waals surface area contributed by atoms with Crippen molar-refractivity contribution in [3.05, 3.63) is 94.8 Å². The zero-order valence-electron chi connectivity index (χ0n) is 28.0. The number of likely N-dealkylation sites (N-methyl/N-ethyl adjacent to an activating group) is 1. The molecule has 0 heterocycles. The van der Waals surface area contributed by atoms with Crippen LogP contribution in [0.3, 0.4) is 0 Å². The fourth-order valence-electron chi connectivity index (χ4n) is 4.61. The quantitative estimate of drug-likeness (QED) is 0.192. The average Bonchev–Trinajstić information content (AvgIpc) is 3.02. The lowest BCUT2D eigenvalue weighted by Crippen LogP contribution is -2.46. The molecule has 4 amide bonds. The minimum atomic E-state index is -0.951. The standard InChI is InChI=1S/C36H46FN5O5/c1-36(2,3)22-31(35(46)40-27-13-7-24(8-14-27)10-18-32(43)38-4)41-34(45)29-21-25(9-17-30(29)37)23-39-33(44)26-11-15-28(16-12-26)47-20-19-42(5)6/h7-9,11-17,21,31H,10,18-20,22-23H2,1-6H3,(H,38,43)(H,39,44)(H,40,46)(H,41,45)/t31-/m0/s1. The van der Waals surface area contributed by atoms with Crippen molar-refractivity contribution in [1.29, 1.82) is 0 Å². The highest BCUT2D eigenvalue weighted by Gasteiger charge is 2.28. The van der Waals surface area contributed by atoms with Crippen LogP contribution in [-0.4, -0.2) is 68.9 Å². The van der Waals surface area contributed by atoms with E-state index in [2.05, 4.69) is 21.3 Å². The Hall–Kier alpha value is -4.77.